The van der Waals surface area contributed by atoms with Gasteiger partial charge in [-0.2, -0.15) is 0 Å². The number of ether oxygens (including phenoxy) is 1. The van der Waals surface area contributed by atoms with E-state index in [0.29, 0.717) is 39.1 Å². The number of amides is 2. The van der Waals surface area contributed by atoms with Crippen LogP contribution in [0, 0.1) is 0 Å². The van der Waals surface area contributed by atoms with Crippen LogP contribution in [0.2, 0.25) is 0 Å². The third-order valence-electron chi connectivity index (χ3n) is 4.88. The smallest absolute Gasteiger partial charge is 0.230 e. The third kappa shape index (κ3) is 5.05. The highest BCUT2D eigenvalue weighted by Gasteiger charge is 2.43. The summed E-state index contributed by atoms with van der Waals surface area (Å²) in [5.41, 5.74) is 0.487. The van der Waals surface area contributed by atoms with Crippen molar-refractivity contribution in [3.63, 3.8) is 0 Å². The van der Waals surface area contributed by atoms with Crippen molar-refractivity contribution >= 4 is 11.8 Å². The molecule has 0 saturated carbocycles. The summed E-state index contributed by atoms with van der Waals surface area (Å²) in [6.45, 7) is 8.09. The molecule has 5 heteroatoms. The summed E-state index contributed by atoms with van der Waals surface area (Å²) < 4.78 is 5.52. The largest absolute Gasteiger partial charge is 0.379 e. The van der Waals surface area contributed by atoms with Crippen molar-refractivity contribution in [2.24, 2.45) is 0 Å². The van der Waals surface area contributed by atoms with Crippen LogP contribution in [0.3, 0.4) is 0 Å². The second-order valence-corrected chi connectivity index (χ2v) is 6.98. The molecule has 0 atom stereocenters. The number of carbonyl (C=O) groups excluding carboxylic acids is 2. The van der Waals surface area contributed by atoms with Crippen LogP contribution in [0.25, 0.3) is 0 Å². The SMILES string of the molecule is CC(=O)N1CCC(C(=O)NCCCOC(C)C)(c2ccccc2)CC1. The van der Waals surface area contributed by atoms with Crippen LogP contribution in [0.1, 0.15) is 45.6 Å². The maximum atomic E-state index is 13.0. The summed E-state index contributed by atoms with van der Waals surface area (Å²) in [6, 6.07) is 9.94. The van der Waals surface area contributed by atoms with E-state index < -0.39 is 5.41 Å². The van der Waals surface area contributed by atoms with Crippen molar-refractivity contribution in [2.75, 3.05) is 26.2 Å². The van der Waals surface area contributed by atoms with E-state index in [0.717, 1.165) is 12.0 Å². The Balaban J connectivity index is 2.03. The Hall–Kier alpha value is -1.88. The summed E-state index contributed by atoms with van der Waals surface area (Å²) in [4.78, 5) is 26.5. The number of piperidine rings is 1. The Bertz CT molecular complexity index is 564. The number of hydrogen-bond donors (Lipinski definition) is 1. The zero-order chi connectivity index (χ0) is 18.3. The molecule has 25 heavy (non-hydrogen) atoms. The van der Waals surface area contributed by atoms with Crippen molar-refractivity contribution < 1.29 is 14.3 Å². The maximum absolute atomic E-state index is 13.0. The first-order chi connectivity index (χ1) is 12.0. The Morgan fingerprint density at radius 1 is 1.20 bits per heavy atom. The van der Waals surface area contributed by atoms with E-state index in [1.54, 1.807) is 6.92 Å². The molecule has 1 N–H and O–H groups in total. The van der Waals surface area contributed by atoms with Gasteiger partial charge in [-0.15, -0.1) is 0 Å². The van der Waals surface area contributed by atoms with Crippen LogP contribution < -0.4 is 5.32 Å². The molecule has 138 valence electrons. The molecule has 1 saturated heterocycles. The average Bonchev–Trinajstić information content (AvgIpc) is 2.61. The minimum absolute atomic E-state index is 0.0615. The zero-order valence-electron chi connectivity index (χ0n) is 15.6. The van der Waals surface area contributed by atoms with Crippen molar-refractivity contribution in [1.82, 2.24) is 10.2 Å². The molecule has 1 aromatic rings. The fourth-order valence-electron chi connectivity index (χ4n) is 3.37. The van der Waals surface area contributed by atoms with Gasteiger partial charge in [0.05, 0.1) is 11.5 Å². The van der Waals surface area contributed by atoms with E-state index in [1.165, 1.54) is 0 Å². The first-order valence-electron chi connectivity index (χ1n) is 9.16. The molecule has 1 aliphatic heterocycles. The van der Waals surface area contributed by atoms with Gasteiger partial charge >= 0.3 is 0 Å². The van der Waals surface area contributed by atoms with Gasteiger partial charge in [0, 0.05) is 33.2 Å². The molecule has 0 bridgehead atoms. The lowest BCUT2D eigenvalue weighted by Crippen LogP contribution is -2.52. The van der Waals surface area contributed by atoms with Gasteiger partial charge < -0.3 is 15.0 Å². The zero-order valence-corrected chi connectivity index (χ0v) is 15.6. The van der Waals surface area contributed by atoms with Crippen molar-refractivity contribution in [3.05, 3.63) is 35.9 Å². The molecule has 1 aromatic carbocycles. The Labute approximate surface area is 150 Å². The number of hydrogen-bond acceptors (Lipinski definition) is 3. The van der Waals surface area contributed by atoms with Gasteiger partial charge in [0.1, 0.15) is 0 Å². The first kappa shape index (κ1) is 19.4. The molecule has 0 unspecified atom stereocenters. The lowest BCUT2D eigenvalue weighted by atomic mass is 9.72. The van der Waals surface area contributed by atoms with Crippen molar-refractivity contribution in [3.8, 4) is 0 Å². The number of rotatable bonds is 7. The van der Waals surface area contributed by atoms with Crippen LogP contribution in [0.15, 0.2) is 30.3 Å². The predicted molar refractivity (Wildman–Crippen MR) is 98.3 cm³/mol. The van der Waals surface area contributed by atoms with E-state index in [2.05, 4.69) is 5.32 Å². The number of benzene rings is 1. The molecule has 0 spiro atoms. The summed E-state index contributed by atoms with van der Waals surface area (Å²) in [5.74, 6) is 0.138. The fraction of sp³-hybridized carbons (Fsp3) is 0.600. The summed E-state index contributed by atoms with van der Waals surface area (Å²) in [5, 5.41) is 3.09. The second kappa shape index (κ2) is 8.99. The molecule has 0 aliphatic carbocycles. The first-order valence-corrected chi connectivity index (χ1v) is 9.16. The molecule has 2 amide bonds. The van der Waals surface area contributed by atoms with Crippen LogP contribution in [-0.4, -0.2) is 49.1 Å². The van der Waals surface area contributed by atoms with Crippen LogP contribution in [0.5, 0.6) is 0 Å². The quantitative estimate of drug-likeness (QED) is 0.772. The van der Waals surface area contributed by atoms with Crippen molar-refractivity contribution in [2.45, 2.75) is 51.6 Å². The maximum Gasteiger partial charge on any atom is 0.230 e. The summed E-state index contributed by atoms with van der Waals surface area (Å²) >= 11 is 0. The number of carbonyl (C=O) groups is 2. The van der Waals surface area contributed by atoms with E-state index in [4.69, 9.17) is 4.74 Å². The topological polar surface area (TPSA) is 58.6 Å². The number of nitrogens with zero attached hydrogens (tertiary/aromatic N) is 1. The highest BCUT2D eigenvalue weighted by molar-refractivity contribution is 5.88. The fourth-order valence-corrected chi connectivity index (χ4v) is 3.37. The molecule has 2 rings (SSSR count). The summed E-state index contributed by atoms with van der Waals surface area (Å²) in [6.07, 6.45) is 2.33. The second-order valence-electron chi connectivity index (χ2n) is 6.98. The Kier molecular flexibility index (Phi) is 7.00. The predicted octanol–water partition coefficient (Wildman–Crippen LogP) is 2.50. The average molecular weight is 346 g/mol. The van der Waals surface area contributed by atoms with Gasteiger partial charge in [0.2, 0.25) is 11.8 Å². The molecule has 0 aromatic heterocycles. The van der Waals surface area contributed by atoms with E-state index >= 15 is 0 Å². The lowest BCUT2D eigenvalue weighted by Gasteiger charge is -2.40. The Morgan fingerprint density at radius 3 is 2.40 bits per heavy atom. The van der Waals surface area contributed by atoms with Crippen LogP contribution in [0.4, 0.5) is 0 Å². The van der Waals surface area contributed by atoms with E-state index in [-0.39, 0.29) is 17.9 Å². The minimum atomic E-state index is -0.549. The standard InChI is InChI=1S/C20H30N2O3/c1-16(2)25-15-7-12-21-19(24)20(18-8-5-4-6-9-18)10-13-22(14-11-20)17(3)23/h4-6,8-9,16H,7,10-15H2,1-3H3,(H,21,24). The monoisotopic (exact) mass is 346 g/mol. The molecule has 0 radical (unpaired) electrons. The number of likely N-dealkylation sites (tertiary alicyclic amines) is 1. The molecular weight excluding hydrogens is 316 g/mol. The van der Waals surface area contributed by atoms with Crippen LogP contribution >= 0.6 is 0 Å². The van der Waals surface area contributed by atoms with Gasteiger partial charge in [0.15, 0.2) is 0 Å². The molecule has 1 heterocycles. The van der Waals surface area contributed by atoms with Gasteiger partial charge in [-0.05, 0) is 38.7 Å². The minimum Gasteiger partial charge on any atom is -0.379 e. The highest BCUT2D eigenvalue weighted by atomic mass is 16.5. The molecule has 1 aliphatic rings. The number of nitrogens with one attached hydrogen (secondary N) is 1. The van der Waals surface area contributed by atoms with Crippen molar-refractivity contribution in [1.29, 1.82) is 0 Å². The normalized spacial score (nSPS) is 16.7. The summed E-state index contributed by atoms with van der Waals surface area (Å²) in [7, 11) is 0. The Morgan fingerprint density at radius 2 is 1.84 bits per heavy atom. The van der Waals surface area contributed by atoms with E-state index in [1.807, 2.05) is 49.1 Å². The van der Waals surface area contributed by atoms with Gasteiger partial charge in [-0.3, -0.25) is 9.59 Å². The highest BCUT2D eigenvalue weighted by Crippen LogP contribution is 2.36. The molecule has 1 fully saturated rings. The molecule has 5 nitrogen and oxygen atoms in total. The van der Waals surface area contributed by atoms with E-state index in [9.17, 15) is 9.59 Å². The van der Waals surface area contributed by atoms with Gasteiger partial charge in [0.25, 0.3) is 0 Å². The third-order valence-corrected chi connectivity index (χ3v) is 4.88. The van der Waals surface area contributed by atoms with Gasteiger partial charge in [-0.1, -0.05) is 30.3 Å². The molecular formula is C20H30N2O3. The van der Waals surface area contributed by atoms with Gasteiger partial charge in [-0.25, -0.2) is 0 Å². The lowest BCUT2D eigenvalue weighted by molar-refractivity contribution is -0.135. The van der Waals surface area contributed by atoms with Crippen LogP contribution in [-0.2, 0) is 19.7 Å².